The van der Waals surface area contributed by atoms with Gasteiger partial charge in [-0.25, -0.2) is 0 Å². The van der Waals surface area contributed by atoms with E-state index in [1.165, 1.54) is 44.2 Å². The maximum absolute atomic E-state index is 5.01. The zero-order chi connectivity index (χ0) is 35.6. The zero-order valence-electron chi connectivity index (χ0n) is 29.3. The molecule has 0 aliphatic heterocycles. The first-order valence-electron chi connectivity index (χ1n) is 18.3. The van der Waals surface area contributed by atoms with E-state index in [1.54, 1.807) is 0 Å². The Bertz CT molecular complexity index is 2800. The molecule has 4 nitrogen and oxygen atoms in total. The largest absolute Gasteiger partial charge is 0.307 e. The van der Waals surface area contributed by atoms with E-state index in [0.717, 1.165) is 56.3 Å². The average Bonchev–Trinajstić information content (AvgIpc) is 3.77. The van der Waals surface area contributed by atoms with Crippen molar-refractivity contribution >= 4 is 21.8 Å². The molecule has 0 N–H and O–H groups in total. The average molecular weight is 689 g/mol. The Hall–Kier alpha value is -7.30. The van der Waals surface area contributed by atoms with Crippen LogP contribution in [0.15, 0.2) is 194 Å². The molecule has 4 aromatic heterocycles. The van der Waals surface area contributed by atoms with Crippen molar-refractivity contribution in [3.8, 4) is 78.7 Å². The van der Waals surface area contributed by atoms with Crippen molar-refractivity contribution < 1.29 is 0 Å². The van der Waals surface area contributed by atoms with Gasteiger partial charge in [0.1, 0.15) is 0 Å². The molecule has 0 unspecified atom stereocenters. The third kappa shape index (κ3) is 4.57. The molecular formula is C50H32N4. The Morgan fingerprint density at radius 2 is 0.685 bits per heavy atom. The molecule has 6 aromatic carbocycles. The van der Waals surface area contributed by atoms with Crippen molar-refractivity contribution in [1.29, 1.82) is 0 Å². The maximum Gasteiger partial charge on any atom is 0.0703 e. The smallest absolute Gasteiger partial charge is 0.0703 e. The van der Waals surface area contributed by atoms with Gasteiger partial charge < -0.3 is 9.13 Å². The number of benzene rings is 6. The summed E-state index contributed by atoms with van der Waals surface area (Å²) in [5, 5.41) is 2.39. The van der Waals surface area contributed by atoms with Gasteiger partial charge in [0.15, 0.2) is 0 Å². The molecule has 0 atom stereocenters. The number of hydrogen-bond acceptors (Lipinski definition) is 2. The Balaban J connectivity index is 1.23. The summed E-state index contributed by atoms with van der Waals surface area (Å²) < 4.78 is 4.83. The van der Waals surface area contributed by atoms with Crippen molar-refractivity contribution in [3.63, 3.8) is 0 Å². The van der Waals surface area contributed by atoms with Crippen LogP contribution in [0.4, 0.5) is 0 Å². The molecule has 1 aliphatic carbocycles. The normalized spacial score (nSPS) is 11.7. The lowest BCUT2D eigenvalue weighted by Gasteiger charge is -2.23. The number of nitrogens with zero attached hydrogens (tertiary/aromatic N) is 4. The molecule has 11 rings (SSSR count). The first-order valence-corrected chi connectivity index (χ1v) is 18.3. The number of pyridine rings is 2. The van der Waals surface area contributed by atoms with Crippen LogP contribution in [-0.4, -0.2) is 19.1 Å². The molecule has 0 saturated carbocycles. The summed E-state index contributed by atoms with van der Waals surface area (Å²) in [6.07, 6.45) is 4.04. The van der Waals surface area contributed by atoms with Gasteiger partial charge in [-0.1, -0.05) is 146 Å². The van der Waals surface area contributed by atoms with E-state index in [1.807, 2.05) is 24.5 Å². The lowest BCUT2D eigenvalue weighted by atomic mass is 9.84. The van der Waals surface area contributed by atoms with Crippen molar-refractivity contribution in [2.24, 2.45) is 0 Å². The van der Waals surface area contributed by atoms with E-state index in [2.05, 4.69) is 179 Å². The predicted octanol–water partition coefficient (Wildman–Crippen LogP) is 12.7. The van der Waals surface area contributed by atoms with Crippen LogP contribution < -0.4 is 0 Å². The van der Waals surface area contributed by atoms with Gasteiger partial charge in [-0.3, -0.25) is 9.97 Å². The van der Waals surface area contributed by atoms with Gasteiger partial charge in [0, 0.05) is 44.2 Å². The maximum atomic E-state index is 5.01. The van der Waals surface area contributed by atoms with Crippen LogP contribution >= 0.6 is 0 Å². The molecule has 4 heterocycles. The second-order valence-electron chi connectivity index (χ2n) is 13.8. The highest BCUT2D eigenvalue weighted by atomic mass is 15.0. The van der Waals surface area contributed by atoms with Crippen LogP contribution in [-0.2, 0) is 0 Å². The third-order valence-corrected chi connectivity index (χ3v) is 10.8. The molecule has 0 saturated heterocycles. The number of rotatable bonds is 4. The highest BCUT2D eigenvalue weighted by molar-refractivity contribution is 6.17. The van der Waals surface area contributed by atoms with E-state index in [4.69, 9.17) is 9.97 Å². The van der Waals surface area contributed by atoms with Crippen molar-refractivity contribution in [2.45, 2.75) is 0 Å². The summed E-state index contributed by atoms with van der Waals surface area (Å²) in [5.41, 5.74) is 17.9. The number of hydrogen-bond donors (Lipinski definition) is 0. The lowest BCUT2D eigenvalue weighted by molar-refractivity contribution is 1.10. The Kier molecular flexibility index (Phi) is 6.82. The second kappa shape index (κ2) is 12.1. The van der Waals surface area contributed by atoms with Gasteiger partial charge >= 0.3 is 0 Å². The molecule has 0 bridgehead atoms. The van der Waals surface area contributed by atoms with Gasteiger partial charge in [0.05, 0.1) is 57.6 Å². The molecule has 0 amide bonds. The van der Waals surface area contributed by atoms with Gasteiger partial charge in [-0.2, -0.15) is 0 Å². The van der Waals surface area contributed by atoms with Crippen molar-refractivity contribution in [3.05, 3.63) is 194 Å². The van der Waals surface area contributed by atoms with E-state index in [-0.39, 0.29) is 0 Å². The van der Waals surface area contributed by atoms with Gasteiger partial charge in [0.2, 0.25) is 0 Å². The SMILES string of the molecule is c1ccc(-c2ccc(-n3c4c(c5ccccc53)-c3ccccc3-c3c(c5ccccc5n3-c3ccc(-c5ccccc5)nc3)-c3ccccc3-4)cn2)cc1. The number of para-hydroxylation sites is 2. The Morgan fingerprint density at radius 3 is 1.09 bits per heavy atom. The van der Waals surface area contributed by atoms with Gasteiger partial charge in [-0.15, -0.1) is 0 Å². The summed E-state index contributed by atoms with van der Waals surface area (Å²) in [6, 6.07) is 64.8. The summed E-state index contributed by atoms with van der Waals surface area (Å²) in [6.45, 7) is 0. The van der Waals surface area contributed by atoms with Crippen LogP contribution in [0.3, 0.4) is 0 Å². The zero-order valence-corrected chi connectivity index (χ0v) is 29.3. The van der Waals surface area contributed by atoms with E-state index >= 15 is 0 Å². The van der Waals surface area contributed by atoms with E-state index < -0.39 is 0 Å². The molecule has 0 spiro atoms. The Morgan fingerprint density at radius 1 is 0.315 bits per heavy atom. The van der Waals surface area contributed by atoms with Crippen molar-refractivity contribution in [2.75, 3.05) is 0 Å². The van der Waals surface area contributed by atoms with Crippen LogP contribution in [0.2, 0.25) is 0 Å². The molecule has 10 aromatic rings. The third-order valence-electron chi connectivity index (χ3n) is 10.8. The minimum absolute atomic E-state index is 0.952. The summed E-state index contributed by atoms with van der Waals surface area (Å²) in [7, 11) is 0. The Labute approximate surface area is 312 Å². The standard InChI is InChI=1S/C50H32N4/c1-3-15-33(16-4-1)43-29-27-35(31-51-43)53-45-25-13-11-23-41(45)47-38-20-8-10-22-40(38)50-48(37-19-7-9-21-39(37)49(47)53)42-24-12-14-26-46(42)54(50)36-28-30-44(52-32-36)34-17-5-2-6-18-34/h1-32H. The predicted molar refractivity (Wildman–Crippen MR) is 222 cm³/mol. The molecule has 252 valence electrons. The summed E-state index contributed by atoms with van der Waals surface area (Å²) in [4.78, 5) is 10.0. The molecule has 54 heavy (non-hydrogen) atoms. The highest BCUT2D eigenvalue weighted by Crippen LogP contribution is 2.54. The quantitative estimate of drug-likeness (QED) is 0.184. The molecule has 4 heteroatoms. The van der Waals surface area contributed by atoms with Crippen LogP contribution in [0.1, 0.15) is 0 Å². The number of fused-ring (bicyclic) bond motifs is 12. The van der Waals surface area contributed by atoms with E-state index in [9.17, 15) is 0 Å². The fourth-order valence-electron chi connectivity index (χ4n) is 8.48. The minimum atomic E-state index is 0.952. The van der Waals surface area contributed by atoms with Crippen LogP contribution in [0.5, 0.6) is 0 Å². The minimum Gasteiger partial charge on any atom is -0.307 e. The fourth-order valence-corrected chi connectivity index (χ4v) is 8.48. The fraction of sp³-hybridized carbons (Fsp3) is 0. The second-order valence-corrected chi connectivity index (χ2v) is 13.8. The van der Waals surface area contributed by atoms with Gasteiger partial charge in [0.25, 0.3) is 0 Å². The molecular weight excluding hydrogens is 657 g/mol. The van der Waals surface area contributed by atoms with Crippen molar-refractivity contribution in [1.82, 2.24) is 19.1 Å². The first kappa shape index (κ1) is 30.3. The molecule has 1 aliphatic rings. The number of aromatic nitrogens is 4. The van der Waals surface area contributed by atoms with Crippen LogP contribution in [0, 0.1) is 0 Å². The molecule has 0 radical (unpaired) electrons. The highest BCUT2D eigenvalue weighted by Gasteiger charge is 2.32. The monoisotopic (exact) mass is 688 g/mol. The van der Waals surface area contributed by atoms with E-state index in [0.29, 0.717) is 0 Å². The summed E-state index contributed by atoms with van der Waals surface area (Å²) >= 11 is 0. The lowest BCUT2D eigenvalue weighted by Crippen LogP contribution is -2.04. The van der Waals surface area contributed by atoms with Crippen LogP contribution in [0.25, 0.3) is 100 Å². The summed E-state index contributed by atoms with van der Waals surface area (Å²) in [5.74, 6) is 0. The topological polar surface area (TPSA) is 35.6 Å². The van der Waals surface area contributed by atoms with Gasteiger partial charge in [-0.05, 0) is 47.5 Å². The molecule has 0 fully saturated rings. The first-order chi connectivity index (χ1) is 26.8.